The van der Waals surface area contributed by atoms with Gasteiger partial charge in [0.15, 0.2) is 6.10 Å². The van der Waals surface area contributed by atoms with Crippen LogP contribution in [0.1, 0.15) is 66.2 Å². The topological polar surface area (TPSA) is 48.1 Å². The lowest BCUT2D eigenvalue weighted by molar-refractivity contribution is -0.143. The van der Waals surface area contributed by atoms with Crippen LogP contribution in [0.15, 0.2) is 12.7 Å². The van der Waals surface area contributed by atoms with Gasteiger partial charge in [0, 0.05) is 7.11 Å². The molecule has 0 aromatic heterocycles. The van der Waals surface area contributed by atoms with Crippen molar-refractivity contribution in [2.75, 3.05) is 13.7 Å². The van der Waals surface area contributed by atoms with E-state index in [1.807, 2.05) is 6.92 Å². The summed E-state index contributed by atoms with van der Waals surface area (Å²) in [4.78, 5) is 11.7. The molecule has 1 fully saturated rings. The summed E-state index contributed by atoms with van der Waals surface area (Å²) in [5.41, 5.74) is -0.343. The maximum Gasteiger partial charge on any atom is 0.338 e. The molecule has 0 N–H and O–H groups in total. The Balaban J connectivity index is 2.14. The molecule has 1 saturated heterocycles. The van der Waals surface area contributed by atoms with Gasteiger partial charge in [-0.25, -0.2) is 4.79 Å². The van der Waals surface area contributed by atoms with Crippen LogP contribution in [0, 0.1) is 5.92 Å². The number of esters is 1. The first-order chi connectivity index (χ1) is 10.7. The summed E-state index contributed by atoms with van der Waals surface area (Å²) >= 11 is 0. The number of methoxy groups -OCH3 is 1. The maximum atomic E-state index is 11.7. The Morgan fingerprint density at radius 3 is 2.65 bits per heavy atom. The number of rotatable bonds is 12. The van der Waals surface area contributed by atoms with Crippen molar-refractivity contribution in [2.45, 2.75) is 83.5 Å². The first-order valence-corrected chi connectivity index (χ1v) is 8.74. The molecule has 0 amide bonds. The summed E-state index contributed by atoms with van der Waals surface area (Å²) in [6, 6.07) is 0. The molecule has 1 unspecified atom stereocenters. The maximum absolute atomic E-state index is 11.7. The normalized spacial score (nSPS) is 25.0. The second-order valence-corrected chi connectivity index (χ2v) is 7.58. The van der Waals surface area contributed by atoms with Crippen molar-refractivity contribution in [2.24, 2.45) is 5.92 Å². The highest BCUT2D eigenvalue weighted by molar-refractivity contribution is 5.79. The van der Waals surface area contributed by atoms with Crippen LogP contribution in [0.5, 0.6) is 0 Å². The summed E-state index contributed by atoms with van der Waals surface area (Å²) in [5.74, 6) is 0.429. The van der Waals surface area contributed by atoms with E-state index < -0.39 is 0 Å². The van der Waals surface area contributed by atoms with Gasteiger partial charge >= 0.3 is 5.97 Å². The zero-order chi connectivity index (χ0) is 17.5. The van der Waals surface area contributed by atoms with Gasteiger partial charge in [0.25, 0.3) is 0 Å². The minimum absolute atomic E-state index is 0.0198. The number of carbonyl (C=O) groups excluding carboxylic acids is 1. The first kappa shape index (κ1) is 20.2. The van der Waals surface area contributed by atoms with Gasteiger partial charge in [0.1, 0.15) is 12.2 Å². The van der Waals surface area contributed by atoms with Crippen LogP contribution in [0.3, 0.4) is 0 Å². The van der Waals surface area contributed by atoms with Gasteiger partial charge in [-0.1, -0.05) is 45.3 Å². The number of hydrogen-bond acceptors (Lipinski definition) is 4. The molecule has 1 rings (SSSR count). The molecule has 1 aliphatic heterocycles. The van der Waals surface area contributed by atoms with Gasteiger partial charge < -0.3 is 14.2 Å². The predicted octanol–water partition coefficient (Wildman–Crippen LogP) is 4.27. The van der Waals surface area contributed by atoms with Gasteiger partial charge in [-0.2, -0.15) is 0 Å². The molecule has 0 bridgehead atoms. The third-order valence-electron chi connectivity index (χ3n) is 4.84. The zero-order valence-electron chi connectivity index (χ0n) is 15.5. The summed E-state index contributed by atoms with van der Waals surface area (Å²) < 4.78 is 16.0. The van der Waals surface area contributed by atoms with Crippen LogP contribution in [-0.2, 0) is 19.0 Å². The van der Waals surface area contributed by atoms with Gasteiger partial charge in [0.2, 0.25) is 0 Å². The summed E-state index contributed by atoms with van der Waals surface area (Å²) in [5, 5.41) is 0. The molecule has 0 saturated carbocycles. The fourth-order valence-corrected chi connectivity index (χ4v) is 2.86. The second-order valence-electron chi connectivity index (χ2n) is 7.58. The highest BCUT2D eigenvalue weighted by Crippen LogP contribution is 2.41. The van der Waals surface area contributed by atoms with E-state index in [0.29, 0.717) is 5.92 Å². The van der Waals surface area contributed by atoms with Gasteiger partial charge in [-0.05, 0) is 39.5 Å². The molecule has 134 valence electrons. The van der Waals surface area contributed by atoms with Gasteiger partial charge in [-0.15, -0.1) is 0 Å². The van der Waals surface area contributed by atoms with Crippen molar-refractivity contribution in [1.29, 1.82) is 0 Å². The Hall–Kier alpha value is -0.870. The first-order valence-electron chi connectivity index (χ1n) is 8.74. The number of ether oxygens (including phenoxy) is 3. The number of epoxide rings is 1. The van der Waals surface area contributed by atoms with Crippen LogP contribution < -0.4 is 0 Å². The van der Waals surface area contributed by atoms with E-state index in [1.165, 1.54) is 19.3 Å². The minimum Gasteiger partial charge on any atom is -0.459 e. The van der Waals surface area contributed by atoms with Crippen molar-refractivity contribution >= 4 is 5.97 Å². The highest BCUT2D eigenvalue weighted by Gasteiger charge is 2.57. The fourth-order valence-electron chi connectivity index (χ4n) is 2.86. The van der Waals surface area contributed by atoms with Crippen molar-refractivity contribution < 1.29 is 19.0 Å². The van der Waals surface area contributed by atoms with E-state index in [-0.39, 0.29) is 29.9 Å². The number of carbonyl (C=O) groups is 1. The van der Waals surface area contributed by atoms with Crippen molar-refractivity contribution in [3.05, 3.63) is 12.7 Å². The third kappa shape index (κ3) is 7.05. The molecule has 0 aromatic rings. The standard InChI is InChI=1S/C19H34O4/c1-7-14-22-17(20)16-19(5,23-16)13-9-11-15(2)10-8-12-18(3,4)21-6/h7,15-16H,1,8-14H2,2-6H3/t15?,16-,19-/m0/s1. The minimum atomic E-state index is -0.389. The summed E-state index contributed by atoms with van der Waals surface area (Å²) in [6.45, 7) is 12.4. The monoisotopic (exact) mass is 326 g/mol. The highest BCUT2D eigenvalue weighted by atomic mass is 16.7. The van der Waals surface area contributed by atoms with Crippen molar-refractivity contribution in [3.8, 4) is 0 Å². The molecule has 0 aromatic carbocycles. The van der Waals surface area contributed by atoms with E-state index >= 15 is 0 Å². The molecule has 1 aliphatic rings. The second kappa shape index (κ2) is 8.84. The Labute approximate surface area is 141 Å². The van der Waals surface area contributed by atoms with E-state index in [9.17, 15) is 4.79 Å². The predicted molar refractivity (Wildman–Crippen MR) is 92.4 cm³/mol. The van der Waals surface area contributed by atoms with Crippen LogP contribution in [-0.4, -0.2) is 37.0 Å². The molecule has 0 aliphatic carbocycles. The van der Waals surface area contributed by atoms with Gasteiger partial charge in [-0.3, -0.25) is 0 Å². The lowest BCUT2D eigenvalue weighted by atomic mass is 9.91. The smallest absolute Gasteiger partial charge is 0.338 e. The molecule has 23 heavy (non-hydrogen) atoms. The van der Waals surface area contributed by atoms with Crippen LogP contribution in [0.2, 0.25) is 0 Å². The Kier molecular flexibility index (Phi) is 7.75. The van der Waals surface area contributed by atoms with Crippen molar-refractivity contribution in [1.82, 2.24) is 0 Å². The lowest BCUT2D eigenvalue weighted by Gasteiger charge is -2.23. The quantitative estimate of drug-likeness (QED) is 0.305. The van der Waals surface area contributed by atoms with Crippen LogP contribution in [0.4, 0.5) is 0 Å². The largest absolute Gasteiger partial charge is 0.459 e. The Morgan fingerprint density at radius 2 is 2.04 bits per heavy atom. The average Bonchev–Trinajstić information content (AvgIpc) is 3.16. The SMILES string of the molecule is C=CCOC(=O)[C@@H]1O[C@@]1(C)CCCC(C)CCCC(C)(C)OC. The summed E-state index contributed by atoms with van der Waals surface area (Å²) in [6.07, 6.45) is 7.84. The fraction of sp³-hybridized carbons (Fsp3) is 0.842. The number of hydrogen-bond donors (Lipinski definition) is 0. The van der Waals surface area contributed by atoms with E-state index in [1.54, 1.807) is 13.2 Å². The van der Waals surface area contributed by atoms with E-state index in [2.05, 4.69) is 27.4 Å². The molecule has 1 heterocycles. The Morgan fingerprint density at radius 1 is 1.39 bits per heavy atom. The molecular formula is C19H34O4. The van der Waals surface area contributed by atoms with Crippen LogP contribution in [0.25, 0.3) is 0 Å². The zero-order valence-corrected chi connectivity index (χ0v) is 15.5. The third-order valence-corrected chi connectivity index (χ3v) is 4.84. The molecule has 4 heteroatoms. The van der Waals surface area contributed by atoms with Crippen LogP contribution >= 0.6 is 0 Å². The molecule has 4 nitrogen and oxygen atoms in total. The molecule has 0 spiro atoms. The van der Waals surface area contributed by atoms with Gasteiger partial charge in [0.05, 0.1) is 5.60 Å². The molecular weight excluding hydrogens is 292 g/mol. The molecule has 3 atom stereocenters. The average molecular weight is 326 g/mol. The molecule has 0 radical (unpaired) electrons. The lowest BCUT2D eigenvalue weighted by Crippen LogP contribution is -2.22. The van der Waals surface area contributed by atoms with E-state index in [0.717, 1.165) is 19.3 Å². The van der Waals surface area contributed by atoms with E-state index in [4.69, 9.17) is 14.2 Å². The summed E-state index contributed by atoms with van der Waals surface area (Å²) in [7, 11) is 1.77. The Bertz CT molecular complexity index is 391. The van der Waals surface area contributed by atoms with Crippen molar-refractivity contribution in [3.63, 3.8) is 0 Å².